The molecule has 0 bridgehead atoms. The molecule has 6 nitrogen and oxygen atoms in total. The Morgan fingerprint density at radius 1 is 1.18 bits per heavy atom. The Morgan fingerprint density at radius 2 is 1.89 bits per heavy atom. The third-order valence-corrected chi connectivity index (χ3v) is 5.96. The van der Waals surface area contributed by atoms with Crippen molar-refractivity contribution < 1.29 is 14.3 Å². The maximum absolute atomic E-state index is 12.8. The van der Waals surface area contributed by atoms with E-state index in [1.54, 1.807) is 56.6 Å². The van der Waals surface area contributed by atoms with E-state index < -0.39 is 5.25 Å². The number of imide groups is 1. The minimum atomic E-state index is -0.566. The fourth-order valence-corrected chi connectivity index (χ4v) is 3.95. The van der Waals surface area contributed by atoms with E-state index in [1.807, 2.05) is 0 Å². The monoisotopic (exact) mass is 437 g/mol. The van der Waals surface area contributed by atoms with E-state index in [9.17, 15) is 9.59 Å². The molecule has 2 aromatic rings. The van der Waals surface area contributed by atoms with Gasteiger partial charge in [-0.05, 0) is 42.5 Å². The Labute approximate surface area is 176 Å². The van der Waals surface area contributed by atoms with Crippen molar-refractivity contribution in [1.82, 2.24) is 0 Å². The van der Waals surface area contributed by atoms with Crippen molar-refractivity contribution in [2.75, 3.05) is 24.4 Å². The lowest BCUT2D eigenvalue weighted by Crippen LogP contribution is -2.31. The number of carbonyl (C=O) groups excluding carboxylic acids is 2. The van der Waals surface area contributed by atoms with E-state index in [4.69, 9.17) is 27.9 Å². The summed E-state index contributed by atoms with van der Waals surface area (Å²) in [6, 6.07) is 11.9. The van der Waals surface area contributed by atoms with Crippen molar-refractivity contribution in [3.63, 3.8) is 0 Å². The lowest BCUT2D eigenvalue weighted by atomic mass is 10.3. The first-order valence-corrected chi connectivity index (χ1v) is 9.93. The van der Waals surface area contributed by atoms with Gasteiger partial charge in [-0.2, -0.15) is 0 Å². The molecule has 0 saturated carbocycles. The van der Waals surface area contributed by atoms with Crippen LogP contribution in [0.3, 0.4) is 0 Å². The zero-order chi connectivity index (χ0) is 20.3. The second-order valence-corrected chi connectivity index (χ2v) is 7.86. The minimum Gasteiger partial charge on any atom is -0.497 e. The van der Waals surface area contributed by atoms with Crippen LogP contribution in [-0.2, 0) is 9.59 Å². The molecule has 1 fully saturated rings. The number of nitrogens with zero attached hydrogens (tertiary/aromatic N) is 2. The fraction of sp³-hybridized carbons (Fsp3) is 0.211. The van der Waals surface area contributed by atoms with Crippen LogP contribution in [0, 0.1) is 0 Å². The number of carbonyl (C=O) groups is 2. The summed E-state index contributed by atoms with van der Waals surface area (Å²) in [6.07, 6.45) is 0.0948. The number of ether oxygens (including phenoxy) is 1. The van der Waals surface area contributed by atoms with Gasteiger partial charge in [-0.1, -0.05) is 35.0 Å². The predicted octanol–water partition coefficient (Wildman–Crippen LogP) is 4.47. The number of thioether (sulfide) groups is 1. The molecule has 0 aromatic heterocycles. The van der Waals surface area contributed by atoms with Gasteiger partial charge < -0.3 is 10.1 Å². The lowest BCUT2D eigenvalue weighted by Gasteiger charge is -2.16. The number of nitrogens with one attached hydrogen (secondary N) is 1. The summed E-state index contributed by atoms with van der Waals surface area (Å²) < 4.78 is 5.11. The molecule has 1 unspecified atom stereocenters. The van der Waals surface area contributed by atoms with E-state index in [-0.39, 0.29) is 18.2 Å². The van der Waals surface area contributed by atoms with Crippen molar-refractivity contribution in [2.24, 2.45) is 4.99 Å². The first-order valence-electron chi connectivity index (χ1n) is 8.29. The molecular formula is C19H17Cl2N3O3S. The van der Waals surface area contributed by atoms with Crippen LogP contribution in [0.2, 0.25) is 10.0 Å². The van der Waals surface area contributed by atoms with Crippen LogP contribution >= 0.6 is 35.0 Å². The standard InChI is InChI=1S/C19H17Cl2N3O3S/c1-22-19(23-11-3-8-14(20)15(21)9-11)28-16-10-17(25)24(18(16)26)12-4-6-13(27-2)7-5-12/h3-9,16H,10H2,1-2H3,(H,22,23). The van der Waals surface area contributed by atoms with Crippen molar-refractivity contribution >= 4 is 63.3 Å². The van der Waals surface area contributed by atoms with Crippen molar-refractivity contribution in [1.29, 1.82) is 0 Å². The zero-order valence-corrected chi connectivity index (χ0v) is 17.4. The molecule has 1 saturated heterocycles. The van der Waals surface area contributed by atoms with E-state index >= 15 is 0 Å². The number of amidine groups is 1. The molecule has 1 atom stereocenters. The van der Waals surface area contributed by atoms with E-state index in [0.717, 1.165) is 0 Å². The molecule has 0 spiro atoms. The number of halogens is 2. The molecule has 0 radical (unpaired) electrons. The Balaban J connectivity index is 1.71. The van der Waals surface area contributed by atoms with Crippen LogP contribution in [-0.4, -0.2) is 36.4 Å². The minimum absolute atomic E-state index is 0.0948. The van der Waals surface area contributed by atoms with Gasteiger partial charge in [-0.25, -0.2) is 4.90 Å². The van der Waals surface area contributed by atoms with Gasteiger partial charge in [0.25, 0.3) is 0 Å². The summed E-state index contributed by atoms with van der Waals surface area (Å²) in [5, 5.41) is 3.89. The van der Waals surface area contributed by atoms with Gasteiger partial charge in [0.15, 0.2) is 5.17 Å². The van der Waals surface area contributed by atoms with E-state index in [1.165, 1.54) is 16.7 Å². The highest BCUT2D eigenvalue weighted by Gasteiger charge is 2.40. The Morgan fingerprint density at radius 3 is 2.50 bits per heavy atom. The van der Waals surface area contributed by atoms with Crippen LogP contribution in [0.25, 0.3) is 0 Å². The normalized spacial score (nSPS) is 17.2. The molecule has 2 amide bonds. The Hall–Kier alpha value is -2.22. The number of methoxy groups -OCH3 is 1. The average Bonchev–Trinajstić information content (AvgIpc) is 2.97. The second kappa shape index (κ2) is 8.86. The number of rotatable bonds is 4. The number of hydrogen-bond donors (Lipinski definition) is 1. The second-order valence-electron chi connectivity index (χ2n) is 5.86. The molecule has 1 aliphatic rings. The van der Waals surface area contributed by atoms with Crippen LogP contribution in [0.4, 0.5) is 11.4 Å². The molecule has 3 rings (SSSR count). The van der Waals surface area contributed by atoms with E-state index in [2.05, 4.69) is 10.3 Å². The highest BCUT2D eigenvalue weighted by atomic mass is 35.5. The third kappa shape index (κ3) is 4.43. The molecule has 146 valence electrons. The number of hydrogen-bond acceptors (Lipinski definition) is 5. The van der Waals surface area contributed by atoms with Gasteiger partial charge in [0.05, 0.1) is 22.8 Å². The van der Waals surface area contributed by atoms with Gasteiger partial charge in [-0.15, -0.1) is 0 Å². The number of amides is 2. The SMILES string of the molecule is CN=C(Nc1ccc(Cl)c(Cl)c1)SC1CC(=O)N(c2ccc(OC)cc2)C1=O. The van der Waals surface area contributed by atoms with E-state index in [0.29, 0.717) is 32.3 Å². The number of benzene rings is 2. The summed E-state index contributed by atoms with van der Waals surface area (Å²) in [7, 11) is 3.16. The smallest absolute Gasteiger partial charge is 0.247 e. The predicted molar refractivity (Wildman–Crippen MR) is 115 cm³/mol. The van der Waals surface area contributed by atoms with Crippen molar-refractivity contribution in [3.8, 4) is 5.75 Å². The third-order valence-electron chi connectivity index (χ3n) is 4.06. The van der Waals surface area contributed by atoms with Gasteiger partial charge >= 0.3 is 0 Å². The molecule has 1 N–H and O–H groups in total. The average molecular weight is 438 g/mol. The highest BCUT2D eigenvalue weighted by Crippen LogP contribution is 2.32. The van der Waals surface area contributed by atoms with Crippen LogP contribution in [0.15, 0.2) is 47.5 Å². The Bertz CT molecular complexity index is 935. The Kier molecular flexibility index (Phi) is 6.49. The zero-order valence-electron chi connectivity index (χ0n) is 15.1. The number of anilines is 2. The van der Waals surface area contributed by atoms with Gasteiger partial charge in [0, 0.05) is 19.2 Å². The molecule has 1 heterocycles. The quantitative estimate of drug-likeness (QED) is 0.434. The molecule has 28 heavy (non-hydrogen) atoms. The van der Waals surface area contributed by atoms with Crippen LogP contribution in [0.1, 0.15) is 6.42 Å². The molecular weight excluding hydrogens is 421 g/mol. The van der Waals surface area contributed by atoms with Gasteiger partial charge in [0.2, 0.25) is 11.8 Å². The van der Waals surface area contributed by atoms with Crippen LogP contribution < -0.4 is 15.0 Å². The summed E-state index contributed by atoms with van der Waals surface area (Å²) >= 11 is 13.2. The maximum atomic E-state index is 12.8. The summed E-state index contributed by atoms with van der Waals surface area (Å²) in [6.45, 7) is 0. The first-order chi connectivity index (χ1) is 13.4. The molecule has 9 heteroatoms. The number of aliphatic imine (C=N–C) groups is 1. The highest BCUT2D eigenvalue weighted by molar-refractivity contribution is 8.15. The largest absolute Gasteiger partial charge is 0.497 e. The topological polar surface area (TPSA) is 71.0 Å². The fourth-order valence-electron chi connectivity index (χ4n) is 2.67. The molecule has 0 aliphatic carbocycles. The molecule has 2 aromatic carbocycles. The lowest BCUT2D eigenvalue weighted by molar-refractivity contribution is -0.121. The van der Waals surface area contributed by atoms with Crippen LogP contribution in [0.5, 0.6) is 5.75 Å². The van der Waals surface area contributed by atoms with Crippen molar-refractivity contribution in [2.45, 2.75) is 11.7 Å². The molecule has 1 aliphatic heterocycles. The van der Waals surface area contributed by atoms with Crippen molar-refractivity contribution in [3.05, 3.63) is 52.5 Å². The summed E-state index contributed by atoms with van der Waals surface area (Å²) in [5.41, 5.74) is 1.21. The summed E-state index contributed by atoms with van der Waals surface area (Å²) in [4.78, 5) is 30.6. The van der Waals surface area contributed by atoms with Gasteiger partial charge in [-0.3, -0.25) is 14.6 Å². The maximum Gasteiger partial charge on any atom is 0.247 e. The first kappa shape index (κ1) is 20.5. The summed E-state index contributed by atoms with van der Waals surface area (Å²) in [5.74, 6) is 0.120. The van der Waals surface area contributed by atoms with Gasteiger partial charge in [0.1, 0.15) is 11.0 Å².